The van der Waals surface area contributed by atoms with Crippen LogP contribution in [0, 0.1) is 11.8 Å². The van der Waals surface area contributed by atoms with Crippen LogP contribution in [0.4, 0.5) is 13.2 Å². The molecular formula is C29H33F3N2O3. The number of hydrogen-bond acceptors (Lipinski definition) is 4. The van der Waals surface area contributed by atoms with Gasteiger partial charge in [0.25, 0.3) is 0 Å². The van der Waals surface area contributed by atoms with Gasteiger partial charge in [-0.2, -0.15) is 13.2 Å². The molecule has 1 N–H and O–H groups in total. The topological polar surface area (TPSA) is 58.6 Å². The molecule has 2 aliphatic rings. The number of esters is 1. The molecule has 0 spiro atoms. The van der Waals surface area contributed by atoms with E-state index in [1.807, 2.05) is 55.5 Å². The third kappa shape index (κ3) is 6.80. The molecule has 5 nitrogen and oxygen atoms in total. The van der Waals surface area contributed by atoms with Gasteiger partial charge in [-0.1, -0.05) is 61.0 Å². The summed E-state index contributed by atoms with van der Waals surface area (Å²) in [5.74, 6) is -2.11. The maximum Gasteiger partial charge on any atom is 0.471 e. The van der Waals surface area contributed by atoms with Crippen LogP contribution in [0.5, 0.6) is 0 Å². The fourth-order valence-corrected chi connectivity index (χ4v) is 5.16. The molecule has 0 radical (unpaired) electrons. The summed E-state index contributed by atoms with van der Waals surface area (Å²) in [6.07, 6.45) is -0.0771. The number of rotatable bonds is 10. The smallest absolute Gasteiger partial charge is 0.465 e. The second-order valence-corrected chi connectivity index (χ2v) is 9.95. The van der Waals surface area contributed by atoms with E-state index < -0.39 is 18.1 Å². The summed E-state index contributed by atoms with van der Waals surface area (Å²) in [6.45, 7) is 2.73. The highest BCUT2D eigenvalue weighted by Crippen LogP contribution is 2.46. The average Bonchev–Trinajstić information content (AvgIpc) is 3.66. The summed E-state index contributed by atoms with van der Waals surface area (Å²) in [5.41, 5.74) is 3.59. The van der Waals surface area contributed by atoms with Gasteiger partial charge in [-0.25, -0.2) is 4.79 Å². The van der Waals surface area contributed by atoms with Crippen molar-refractivity contribution in [3.8, 4) is 0 Å². The van der Waals surface area contributed by atoms with E-state index in [-0.39, 0.29) is 30.4 Å². The van der Waals surface area contributed by atoms with Gasteiger partial charge in [-0.05, 0) is 54.9 Å². The van der Waals surface area contributed by atoms with Crippen LogP contribution in [0.1, 0.15) is 54.1 Å². The predicted molar refractivity (Wildman–Crippen MR) is 136 cm³/mol. The molecule has 0 unspecified atom stereocenters. The maximum absolute atomic E-state index is 13.5. The number of benzene rings is 2. The first-order chi connectivity index (χ1) is 17.7. The molecule has 0 saturated heterocycles. The van der Waals surface area contributed by atoms with Gasteiger partial charge in [0, 0.05) is 31.1 Å². The second kappa shape index (κ2) is 11.5. The van der Waals surface area contributed by atoms with E-state index in [9.17, 15) is 22.8 Å². The highest BCUT2D eigenvalue weighted by atomic mass is 19.4. The van der Waals surface area contributed by atoms with Crippen molar-refractivity contribution in [1.29, 1.82) is 0 Å². The maximum atomic E-state index is 13.5. The van der Waals surface area contributed by atoms with E-state index in [2.05, 4.69) is 5.32 Å². The molecule has 2 saturated carbocycles. The largest absolute Gasteiger partial charge is 0.471 e. The molecule has 8 heteroatoms. The lowest BCUT2D eigenvalue weighted by Gasteiger charge is -2.39. The van der Waals surface area contributed by atoms with Crippen molar-refractivity contribution in [2.24, 2.45) is 11.8 Å². The van der Waals surface area contributed by atoms with Crippen LogP contribution in [0.25, 0.3) is 6.08 Å². The summed E-state index contributed by atoms with van der Waals surface area (Å²) in [6, 6.07) is 16.6. The molecular weight excluding hydrogens is 481 g/mol. The van der Waals surface area contributed by atoms with Crippen molar-refractivity contribution in [2.75, 3.05) is 13.7 Å². The van der Waals surface area contributed by atoms with Crippen molar-refractivity contribution in [1.82, 2.24) is 10.2 Å². The third-order valence-corrected chi connectivity index (χ3v) is 7.36. The first-order valence-corrected chi connectivity index (χ1v) is 12.7. The van der Waals surface area contributed by atoms with Gasteiger partial charge in [0.1, 0.15) is 0 Å². The summed E-state index contributed by atoms with van der Waals surface area (Å²) < 4.78 is 45.1. The van der Waals surface area contributed by atoms with E-state index in [1.54, 1.807) is 12.1 Å². The number of ether oxygens (including phenoxy) is 1. The first kappa shape index (κ1) is 26.9. The fourth-order valence-electron chi connectivity index (χ4n) is 5.16. The Morgan fingerprint density at radius 2 is 1.73 bits per heavy atom. The highest BCUT2D eigenvalue weighted by Gasteiger charge is 2.53. The minimum atomic E-state index is -4.87. The number of alkyl halides is 3. The predicted octanol–water partition coefficient (Wildman–Crippen LogP) is 5.61. The van der Waals surface area contributed by atoms with Crippen molar-refractivity contribution in [2.45, 2.75) is 57.4 Å². The molecule has 0 aromatic heterocycles. The standard InChI is InChI=1S/C29H33F3N2O3/c1-3-22(13-19-7-5-4-6-8-19)25-16-26(25)34(28(36)29(30,31)32)18-21-14-24(15-21)33-17-20-9-11-23(12-10-20)27(35)37-2/h4-13,21,24-26,33H,3,14-18H2,1-2H3/b22-13+/t21?,24?,25-,26+/m0/s1. The van der Waals surface area contributed by atoms with Gasteiger partial charge in [-0.3, -0.25) is 4.79 Å². The third-order valence-electron chi connectivity index (χ3n) is 7.36. The SMILES string of the molecule is CC/C(=C\c1ccccc1)[C@@H]1C[C@H]1N(CC1CC(NCc2ccc(C(=O)OC)cc2)C1)C(=O)C(F)(F)F. The van der Waals surface area contributed by atoms with Crippen molar-refractivity contribution in [3.63, 3.8) is 0 Å². The molecule has 2 aromatic carbocycles. The van der Waals surface area contributed by atoms with Crippen LogP contribution in [0.3, 0.4) is 0 Å². The molecule has 2 aliphatic carbocycles. The lowest BCUT2D eigenvalue weighted by molar-refractivity contribution is -0.187. The number of halogens is 3. The van der Waals surface area contributed by atoms with Gasteiger partial charge in [0.2, 0.25) is 0 Å². The number of methoxy groups -OCH3 is 1. The molecule has 0 aliphatic heterocycles. The van der Waals surface area contributed by atoms with E-state index >= 15 is 0 Å². The normalized spacial score (nSPS) is 23.2. The minimum absolute atomic E-state index is 0.0292. The van der Waals surface area contributed by atoms with Crippen LogP contribution in [-0.2, 0) is 16.1 Å². The lowest BCUT2D eigenvalue weighted by atomic mass is 9.79. The minimum Gasteiger partial charge on any atom is -0.465 e. The second-order valence-electron chi connectivity index (χ2n) is 9.95. The Morgan fingerprint density at radius 3 is 2.32 bits per heavy atom. The Morgan fingerprint density at radius 1 is 1.05 bits per heavy atom. The molecule has 4 rings (SSSR count). The molecule has 2 aromatic rings. The monoisotopic (exact) mass is 514 g/mol. The van der Waals surface area contributed by atoms with Crippen molar-refractivity contribution < 1.29 is 27.5 Å². The summed E-state index contributed by atoms with van der Waals surface area (Å²) in [4.78, 5) is 25.0. The van der Waals surface area contributed by atoms with Crippen LogP contribution < -0.4 is 5.32 Å². The molecule has 2 atom stereocenters. The molecule has 37 heavy (non-hydrogen) atoms. The number of amides is 1. The van der Waals surface area contributed by atoms with Gasteiger partial charge in [-0.15, -0.1) is 0 Å². The van der Waals surface area contributed by atoms with Gasteiger partial charge >= 0.3 is 18.1 Å². The quantitative estimate of drug-likeness (QED) is 0.419. The van der Waals surface area contributed by atoms with E-state index in [4.69, 9.17) is 4.74 Å². The van der Waals surface area contributed by atoms with Gasteiger partial charge in [0.05, 0.1) is 12.7 Å². The van der Waals surface area contributed by atoms with E-state index in [0.29, 0.717) is 18.5 Å². The number of nitrogens with one attached hydrogen (secondary N) is 1. The number of carbonyl (C=O) groups excluding carboxylic acids is 2. The van der Waals surface area contributed by atoms with Crippen LogP contribution in [0.2, 0.25) is 0 Å². The summed E-state index contributed by atoms with van der Waals surface area (Å²) in [5, 5.41) is 3.42. The van der Waals surface area contributed by atoms with E-state index in [1.165, 1.54) is 7.11 Å². The zero-order valence-corrected chi connectivity index (χ0v) is 21.1. The molecule has 2 fully saturated rings. The Hall–Kier alpha value is -3.13. The van der Waals surface area contributed by atoms with E-state index in [0.717, 1.165) is 40.9 Å². The van der Waals surface area contributed by atoms with Crippen molar-refractivity contribution >= 4 is 18.0 Å². The molecule has 0 heterocycles. The molecule has 198 valence electrons. The molecule has 0 bridgehead atoms. The van der Waals surface area contributed by atoms with Crippen LogP contribution in [-0.4, -0.2) is 48.7 Å². The fraction of sp³-hybridized carbons (Fsp3) is 0.448. The number of carbonyl (C=O) groups is 2. The number of hydrogen-bond donors (Lipinski definition) is 1. The average molecular weight is 515 g/mol. The van der Waals surface area contributed by atoms with Gasteiger partial charge < -0.3 is 15.0 Å². The lowest BCUT2D eigenvalue weighted by Crippen LogP contribution is -2.50. The Balaban J connectivity index is 1.32. The first-order valence-electron chi connectivity index (χ1n) is 12.7. The zero-order valence-electron chi connectivity index (χ0n) is 21.1. The highest BCUT2D eigenvalue weighted by molar-refractivity contribution is 5.89. The Labute approximate surface area is 215 Å². The van der Waals surface area contributed by atoms with Gasteiger partial charge in [0.15, 0.2) is 0 Å². The Bertz CT molecular complexity index is 1110. The summed E-state index contributed by atoms with van der Waals surface area (Å²) >= 11 is 0. The van der Waals surface area contributed by atoms with Crippen LogP contribution in [0.15, 0.2) is 60.2 Å². The van der Waals surface area contributed by atoms with Crippen molar-refractivity contribution in [3.05, 3.63) is 76.9 Å². The summed E-state index contributed by atoms with van der Waals surface area (Å²) in [7, 11) is 1.34. The number of nitrogens with zero attached hydrogens (tertiary/aromatic N) is 1. The van der Waals surface area contributed by atoms with Crippen LogP contribution >= 0.6 is 0 Å². The zero-order chi connectivity index (χ0) is 26.6. The Kier molecular flexibility index (Phi) is 8.37. The molecule has 1 amide bonds.